The van der Waals surface area contributed by atoms with Gasteiger partial charge in [-0.15, -0.1) is 0 Å². The van der Waals surface area contributed by atoms with E-state index in [1.54, 1.807) is 0 Å². The topological polar surface area (TPSA) is 35.6 Å². The molecule has 3 aliphatic rings. The summed E-state index contributed by atoms with van der Waals surface area (Å²) in [5, 5.41) is 3.48. The van der Waals surface area contributed by atoms with Crippen LogP contribution >= 0.6 is 0 Å². The fourth-order valence-electron chi connectivity index (χ4n) is 2.94. The number of fused-ring (bicyclic) bond motifs is 3. The van der Waals surface area contributed by atoms with Gasteiger partial charge >= 0.3 is 6.03 Å². The number of hydrogen-bond acceptors (Lipinski definition) is 2. The summed E-state index contributed by atoms with van der Waals surface area (Å²) < 4.78 is 0. The third kappa shape index (κ3) is 2.92. The molecule has 3 heterocycles. The van der Waals surface area contributed by atoms with Gasteiger partial charge in [0.05, 0.1) is 0 Å². The lowest BCUT2D eigenvalue weighted by atomic mass is 9.93. The normalized spacial score (nSPS) is 28.4. The summed E-state index contributed by atoms with van der Waals surface area (Å²) in [5.41, 5.74) is 0.164. The zero-order valence-corrected chi connectivity index (χ0v) is 11.5. The first kappa shape index (κ1) is 12.7. The summed E-state index contributed by atoms with van der Waals surface area (Å²) in [6.07, 6.45) is 2.38. The number of hydrogen-bond donors (Lipinski definition) is 1. The van der Waals surface area contributed by atoms with Crippen molar-refractivity contribution in [2.75, 3.05) is 26.7 Å². The minimum atomic E-state index is 0.164. The molecule has 0 aliphatic carbocycles. The van der Waals surface area contributed by atoms with E-state index < -0.39 is 0 Å². The summed E-state index contributed by atoms with van der Waals surface area (Å²) in [7, 11) is 1.92. The number of nitrogens with one attached hydrogen (secondary N) is 1. The number of carbonyl (C=O) groups excluding carboxylic acids is 1. The van der Waals surface area contributed by atoms with E-state index >= 15 is 0 Å². The van der Waals surface area contributed by atoms with Crippen molar-refractivity contribution < 1.29 is 4.79 Å². The van der Waals surface area contributed by atoms with Gasteiger partial charge in [0, 0.05) is 38.8 Å². The van der Waals surface area contributed by atoms with Gasteiger partial charge < -0.3 is 15.1 Å². The molecule has 3 rings (SSSR count). The molecule has 3 saturated heterocycles. The highest BCUT2D eigenvalue weighted by Crippen LogP contribution is 2.24. The van der Waals surface area contributed by atoms with Crippen LogP contribution in [0.1, 0.15) is 33.6 Å². The highest BCUT2D eigenvalue weighted by atomic mass is 16.2. The second-order valence-electron chi connectivity index (χ2n) is 6.69. The van der Waals surface area contributed by atoms with Gasteiger partial charge in [-0.05, 0) is 18.3 Å². The Morgan fingerprint density at radius 3 is 2.53 bits per heavy atom. The van der Waals surface area contributed by atoms with Gasteiger partial charge in [0.2, 0.25) is 0 Å². The second-order valence-corrected chi connectivity index (χ2v) is 6.69. The van der Waals surface area contributed by atoms with Crippen molar-refractivity contribution in [3.05, 3.63) is 0 Å². The minimum Gasteiger partial charge on any atom is -0.327 e. The monoisotopic (exact) mass is 239 g/mol. The minimum absolute atomic E-state index is 0.164. The van der Waals surface area contributed by atoms with Gasteiger partial charge in [0.25, 0.3) is 0 Å². The zero-order chi connectivity index (χ0) is 12.6. The average molecular weight is 239 g/mol. The third-order valence-corrected chi connectivity index (χ3v) is 3.63. The van der Waals surface area contributed by atoms with E-state index in [1.807, 2.05) is 11.9 Å². The molecule has 0 aromatic rings. The summed E-state index contributed by atoms with van der Waals surface area (Å²) >= 11 is 0. The van der Waals surface area contributed by atoms with Gasteiger partial charge in [0.15, 0.2) is 0 Å². The van der Waals surface area contributed by atoms with E-state index in [1.165, 1.54) is 6.42 Å². The SMILES string of the molecule is CN(CC(C)(C)C)C(=O)N1CC2CCC1CN2. The number of amides is 2. The Labute approximate surface area is 104 Å². The predicted molar refractivity (Wildman–Crippen MR) is 69.0 cm³/mol. The first-order valence-electron chi connectivity index (χ1n) is 6.62. The molecule has 2 atom stereocenters. The van der Waals surface area contributed by atoms with Crippen LogP contribution in [0, 0.1) is 5.41 Å². The molecule has 17 heavy (non-hydrogen) atoms. The Hall–Kier alpha value is -0.770. The third-order valence-electron chi connectivity index (χ3n) is 3.63. The quantitative estimate of drug-likeness (QED) is 0.753. The molecule has 2 bridgehead atoms. The largest absolute Gasteiger partial charge is 0.327 e. The van der Waals surface area contributed by atoms with Crippen LogP contribution in [-0.4, -0.2) is 54.6 Å². The van der Waals surface area contributed by atoms with E-state index in [9.17, 15) is 4.79 Å². The summed E-state index contributed by atoms with van der Waals surface area (Å²) in [4.78, 5) is 16.3. The highest BCUT2D eigenvalue weighted by molar-refractivity contribution is 5.75. The summed E-state index contributed by atoms with van der Waals surface area (Å²) in [5.74, 6) is 0. The molecule has 4 nitrogen and oxygen atoms in total. The standard InChI is InChI=1S/C13H25N3O/c1-13(2,3)9-15(4)12(17)16-8-10-5-6-11(16)7-14-10/h10-11,14H,5-9H2,1-4H3. The Morgan fingerprint density at radius 1 is 1.41 bits per heavy atom. The molecule has 1 N–H and O–H groups in total. The Morgan fingerprint density at radius 2 is 2.12 bits per heavy atom. The molecule has 2 unspecified atom stereocenters. The molecule has 4 heteroatoms. The maximum absolute atomic E-state index is 12.4. The van der Waals surface area contributed by atoms with Crippen molar-refractivity contribution in [2.45, 2.75) is 45.7 Å². The van der Waals surface area contributed by atoms with Crippen LogP contribution in [0.5, 0.6) is 0 Å². The molecule has 0 spiro atoms. The van der Waals surface area contributed by atoms with Crippen LogP contribution in [0.4, 0.5) is 4.79 Å². The van der Waals surface area contributed by atoms with Gasteiger partial charge in [-0.3, -0.25) is 0 Å². The van der Waals surface area contributed by atoms with Crippen molar-refractivity contribution in [1.82, 2.24) is 15.1 Å². The van der Waals surface area contributed by atoms with Gasteiger partial charge in [-0.2, -0.15) is 0 Å². The summed E-state index contributed by atoms with van der Waals surface area (Å²) in [6, 6.07) is 1.14. The smallest absolute Gasteiger partial charge is 0.320 e. The molecule has 0 aromatic carbocycles. The lowest BCUT2D eigenvalue weighted by Crippen LogP contribution is -2.64. The van der Waals surface area contributed by atoms with Gasteiger partial charge in [-0.25, -0.2) is 4.79 Å². The van der Waals surface area contributed by atoms with E-state index in [4.69, 9.17) is 0 Å². The first-order chi connectivity index (χ1) is 7.87. The van der Waals surface area contributed by atoms with Crippen LogP contribution < -0.4 is 5.32 Å². The van der Waals surface area contributed by atoms with Crippen molar-refractivity contribution >= 4 is 6.03 Å². The van der Waals surface area contributed by atoms with Crippen molar-refractivity contribution in [1.29, 1.82) is 0 Å². The molecular formula is C13H25N3O. The first-order valence-corrected chi connectivity index (χ1v) is 6.62. The molecule has 3 fully saturated rings. The Bertz CT molecular complexity index is 290. The van der Waals surface area contributed by atoms with Crippen molar-refractivity contribution in [2.24, 2.45) is 5.41 Å². The van der Waals surface area contributed by atoms with Crippen LogP contribution in [0.2, 0.25) is 0 Å². The van der Waals surface area contributed by atoms with Crippen LogP contribution in [-0.2, 0) is 0 Å². The second kappa shape index (κ2) is 4.48. The average Bonchev–Trinajstić information content (AvgIpc) is 2.27. The van der Waals surface area contributed by atoms with E-state index in [2.05, 4.69) is 31.0 Å². The Balaban J connectivity index is 1.96. The molecule has 98 valence electrons. The Kier molecular flexibility index (Phi) is 3.34. The fraction of sp³-hybridized carbons (Fsp3) is 0.923. The lowest BCUT2D eigenvalue weighted by molar-refractivity contribution is 0.0736. The molecular weight excluding hydrogens is 214 g/mol. The number of rotatable bonds is 1. The molecule has 0 saturated carbocycles. The van der Waals surface area contributed by atoms with Crippen LogP contribution in [0.3, 0.4) is 0 Å². The molecule has 3 aliphatic heterocycles. The number of nitrogens with zero attached hydrogens (tertiary/aromatic N) is 2. The van der Waals surface area contributed by atoms with Gasteiger partial charge in [0.1, 0.15) is 0 Å². The maximum Gasteiger partial charge on any atom is 0.320 e. The van der Waals surface area contributed by atoms with E-state index in [0.29, 0.717) is 12.1 Å². The van der Waals surface area contributed by atoms with Gasteiger partial charge in [-0.1, -0.05) is 20.8 Å². The predicted octanol–water partition coefficient (Wildman–Crippen LogP) is 1.52. The van der Waals surface area contributed by atoms with E-state index in [0.717, 1.165) is 26.1 Å². The van der Waals surface area contributed by atoms with Crippen LogP contribution in [0.15, 0.2) is 0 Å². The fourth-order valence-corrected chi connectivity index (χ4v) is 2.94. The number of piperidine rings is 2. The van der Waals surface area contributed by atoms with Crippen LogP contribution in [0.25, 0.3) is 0 Å². The highest BCUT2D eigenvalue weighted by Gasteiger charge is 2.37. The molecule has 0 aromatic heterocycles. The zero-order valence-electron chi connectivity index (χ0n) is 11.5. The van der Waals surface area contributed by atoms with Crippen molar-refractivity contribution in [3.63, 3.8) is 0 Å². The number of piperazine rings is 1. The molecule has 0 radical (unpaired) electrons. The lowest BCUT2D eigenvalue weighted by Gasteiger charge is -2.47. The number of urea groups is 1. The summed E-state index contributed by atoms with van der Waals surface area (Å²) in [6.45, 7) is 9.17. The van der Waals surface area contributed by atoms with E-state index in [-0.39, 0.29) is 11.4 Å². The number of carbonyl (C=O) groups is 1. The maximum atomic E-state index is 12.4. The molecule has 2 amide bonds. The van der Waals surface area contributed by atoms with Crippen molar-refractivity contribution in [3.8, 4) is 0 Å².